The van der Waals surface area contributed by atoms with E-state index < -0.39 is 10.0 Å². The zero-order valence-electron chi connectivity index (χ0n) is 15.0. The summed E-state index contributed by atoms with van der Waals surface area (Å²) in [4.78, 5) is 12.1. The van der Waals surface area contributed by atoms with Crippen LogP contribution >= 0.6 is 11.6 Å². The van der Waals surface area contributed by atoms with E-state index in [4.69, 9.17) is 16.3 Å². The second kappa shape index (κ2) is 7.97. The van der Waals surface area contributed by atoms with Crippen LogP contribution in [0.25, 0.3) is 0 Å². The van der Waals surface area contributed by atoms with Crippen LogP contribution in [0.5, 0.6) is 5.75 Å². The van der Waals surface area contributed by atoms with Gasteiger partial charge in [-0.1, -0.05) is 17.7 Å². The predicted octanol–water partition coefficient (Wildman–Crippen LogP) is 3.37. The van der Waals surface area contributed by atoms with Gasteiger partial charge in [-0.2, -0.15) is 0 Å². The van der Waals surface area contributed by atoms with Crippen molar-refractivity contribution in [1.29, 1.82) is 0 Å². The SMILES string of the molecule is Cc1cc(OCC(=O)Nc2cccc(N(C)S(C)(=O)=O)c2)cc(C)c1Cl. The van der Waals surface area contributed by atoms with E-state index in [-0.39, 0.29) is 12.5 Å². The number of benzene rings is 2. The Bertz CT molecular complexity index is 906. The highest BCUT2D eigenvalue weighted by atomic mass is 35.5. The summed E-state index contributed by atoms with van der Waals surface area (Å²) in [6.45, 7) is 3.56. The predicted molar refractivity (Wildman–Crippen MR) is 105 cm³/mol. The number of carbonyl (C=O) groups excluding carboxylic acids is 1. The lowest BCUT2D eigenvalue weighted by Gasteiger charge is -2.17. The first-order valence-electron chi connectivity index (χ1n) is 7.81. The molecule has 0 atom stereocenters. The van der Waals surface area contributed by atoms with Crippen molar-refractivity contribution in [3.63, 3.8) is 0 Å². The molecule has 0 radical (unpaired) electrons. The van der Waals surface area contributed by atoms with Crippen LogP contribution < -0.4 is 14.4 Å². The molecule has 0 aliphatic heterocycles. The average molecular weight is 397 g/mol. The lowest BCUT2D eigenvalue weighted by molar-refractivity contribution is -0.118. The van der Waals surface area contributed by atoms with Crippen LogP contribution in [-0.2, 0) is 14.8 Å². The van der Waals surface area contributed by atoms with Crippen LogP contribution in [0.2, 0.25) is 5.02 Å². The van der Waals surface area contributed by atoms with E-state index in [2.05, 4.69) is 5.32 Å². The van der Waals surface area contributed by atoms with Crippen molar-refractivity contribution in [2.75, 3.05) is 29.5 Å². The monoisotopic (exact) mass is 396 g/mol. The summed E-state index contributed by atoms with van der Waals surface area (Å²) in [5.74, 6) is 0.208. The molecule has 0 aliphatic rings. The number of halogens is 1. The molecule has 26 heavy (non-hydrogen) atoms. The summed E-state index contributed by atoms with van der Waals surface area (Å²) in [5, 5.41) is 3.36. The third-order valence-electron chi connectivity index (χ3n) is 3.77. The number of nitrogens with zero attached hydrogens (tertiary/aromatic N) is 1. The molecular weight excluding hydrogens is 376 g/mol. The van der Waals surface area contributed by atoms with E-state index in [1.165, 1.54) is 7.05 Å². The quantitative estimate of drug-likeness (QED) is 0.812. The first-order valence-corrected chi connectivity index (χ1v) is 10.0. The minimum Gasteiger partial charge on any atom is -0.484 e. The number of anilines is 2. The van der Waals surface area contributed by atoms with Gasteiger partial charge in [0.15, 0.2) is 6.61 Å². The molecule has 0 heterocycles. The van der Waals surface area contributed by atoms with Crippen molar-refractivity contribution < 1.29 is 17.9 Å². The van der Waals surface area contributed by atoms with Crippen LogP contribution in [0.15, 0.2) is 36.4 Å². The molecule has 2 rings (SSSR count). The smallest absolute Gasteiger partial charge is 0.262 e. The highest BCUT2D eigenvalue weighted by molar-refractivity contribution is 7.92. The zero-order valence-corrected chi connectivity index (χ0v) is 16.6. The lowest BCUT2D eigenvalue weighted by Crippen LogP contribution is -2.25. The summed E-state index contributed by atoms with van der Waals surface area (Å²) in [7, 11) is -1.92. The number of carbonyl (C=O) groups is 1. The number of nitrogens with one attached hydrogen (secondary N) is 1. The van der Waals surface area contributed by atoms with Gasteiger partial charge in [0.25, 0.3) is 5.91 Å². The van der Waals surface area contributed by atoms with Gasteiger partial charge < -0.3 is 10.1 Å². The third kappa shape index (κ3) is 5.12. The normalized spacial score (nSPS) is 11.1. The van der Waals surface area contributed by atoms with Gasteiger partial charge in [0.2, 0.25) is 10.0 Å². The molecule has 1 N–H and O–H groups in total. The van der Waals surface area contributed by atoms with E-state index >= 15 is 0 Å². The molecule has 0 aliphatic carbocycles. The molecule has 0 bridgehead atoms. The first-order chi connectivity index (χ1) is 12.1. The van der Waals surface area contributed by atoms with E-state index in [1.54, 1.807) is 36.4 Å². The first kappa shape index (κ1) is 20.1. The Labute approximate surface area is 158 Å². The van der Waals surface area contributed by atoms with E-state index in [9.17, 15) is 13.2 Å². The molecule has 0 saturated carbocycles. The molecule has 1 amide bonds. The minimum atomic E-state index is -3.37. The topological polar surface area (TPSA) is 75.7 Å². The van der Waals surface area contributed by atoms with Gasteiger partial charge in [0, 0.05) is 17.8 Å². The van der Waals surface area contributed by atoms with E-state index in [1.807, 2.05) is 13.8 Å². The number of hydrogen-bond acceptors (Lipinski definition) is 4. The average Bonchev–Trinajstić information content (AvgIpc) is 2.56. The summed E-state index contributed by atoms with van der Waals surface area (Å²) in [5.41, 5.74) is 2.68. The fourth-order valence-corrected chi connectivity index (χ4v) is 2.91. The second-order valence-electron chi connectivity index (χ2n) is 5.99. The summed E-state index contributed by atoms with van der Waals surface area (Å²) < 4.78 is 29.9. The fraction of sp³-hybridized carbons (Fsp3) is 0.278. The molecule has 0 aromatic heterocycles. The van der Waals surface area contributed by atoms with E-state index in [0.29, 0.717) is 22.1 Å². The maximum atomic E-state index is 12.1. The lowest BCUT2D eigenvalue weighted by atomic mass is 10.1. The summed E-state index contributed by atoms with van der Waals surface area (Å²) >= 11 is 6.11. The van der Waals surface area contributed by atoms with Gasteiger partial charge >= 0.3 is 0 Å². The standard InChI is InChI=1S/C18H21ClN2O4S/c1-12-8-16(9-13(2)18(12)19)25-11-17(22)20-14-6-5-7-15(10-14)21(3)26(4,23)24/h5-10H,11H2,1-4H3,(H,20,22). The van der Waals surface area contributed by atoms with Gasteiger partial charge in [-0.05, 0) is 55.3 Å². The highest BCUT2D eigenvalue weighted by Crippen LogP contribution is 2.26. The molecule has 6 nitrogen and oxygen atoms in total. The molecule has 2 aromatic carbocycles. The highest BCUT2D eigenvalue weighted by Gasteiger charge is 2.13. The number of ether oxygens (including phenoxy) is 1. The maximum Gasteiger partial charge on any atom is 0.262 e. The van der Waals surface area contributed by atoms with Crippen LogP contribution in [0.1, 0.15) is 11.1 Å². The van der Waals surface area contributed by atoms with Crippen LogP contribution in [0.3, 0.4) is 0 Å². The van der Waals surface area contributed by atoms with Crippen molar-refractivity contribution in [3.8, 4) is 5.75 Å². The Balaban J connectivity index is 2.02. The van der Waals surface area contributed by atoms with Crippen LogP contribution in [0.4, 0.5) is 11.4 Å². The third-order valence-corrected chi connectivity index (χ3v) is 5.57. The molecule has 0 unspecified atom stereocenters. The van der Waals surface area contributed by atoms with Crippen molar-refractivity contribution in [2.45, 2.75) is 13.8 Å². The Morgan fingerprint density at radius 3 is 2.38 bits per heavy atom. The van der Waals surface area contributed by atoms with Gasteiger partial charge in [-0.25, -0.2) is 8.42 Å². The van der Waals surface area contributed by atoms with Crippen LogP contribution in [0, 0.1) is 13.8 Å². The summed E-state index contributed by atoms with van der Waals surface area (Å²) in [6.07, 6.45) is 1.11. The van der Waals surface area contributed by atoms with Crippen molar-refractivity contribution in [3.05, 3.63) is 52.5 Å². The number of aryl methyl sites for hydroxylation is 2. The number of amides is 1. The Morgan fingerprint density at radius 1 is 1.19 bits per heavy atom. The van der Waals surface area contributed by atoms with Crippen LogP contribution in [-0.4, -0.2) is 34.2 Å². The zero-order chi connectivity index (χ0) is 19.5. The molecule has 140 valence electrons. The van der Waals surface area contributed by atoms with E-state index in [0.717, 1.165) is 21.7 Å². The largest absolute Gasteiger partial charge is 0.484 e. The van der Waals surface area contributed by atoms with Gasteiger partial charge in [0.05, 0.1) is 11.9 Å². The molecule has 2 aromatic rings. The summed E-state index contributed by atoms with van der Waals surface area (Å²) in [6, 6.07) is 10.1. The number of rotatable bonds is 6. The maximum absolute atomic E-state index is 12.1. The van der Waals surface area contributed by atoms with Crippen molar-refractivity contribution in [1.82, 2.24) is 0 Å². The van der Waals surface area contributed by atoms with Gasteiger partial charge in [-0.3, -0.25) is 9.10 Å². The number of sulfonamides is 1. The molecule has 0 saturated heterocycles. The number of hydrogen-bond donors (Lipinski definition) is 1. The molecule has 0 spiro atoms. The Morgan fingerprint density at radius 2 is 1.81 bits per heavy atom. The fourth-order valence-electron chi connectivity index (χ4n) is 2.31. The van der Waals surface area contributed by atoms with Gasteiger partial charge in [-0.15, -0.1) is 0 Å². The van der Waals surface area contributed by atoms with Crippen molar-refractivity contribution >= 4 is 38.9 Å². The second-order valence-corrected chi connectivity index (χ2v) is 8.38. The molecule has 0 fully saturated rings. The Hall–Kier alpha value is -2.25. The molecular formula is C18H21ClN2O4S. The van der Waals surface area contributed by atoms with Crippen molar-refractivity contribution in [2.24, 2.45) is 0 Å². The van der Waals surface area contributed by atoms with Gasteiger partial charge in [0.1, 0.15) is 5.75 Å². The molecule has 8 heteroatoms. The minimum absolute atomic E-state index is 0.174. The Kier molecular flexibility index (Phi) is 6.15.